The molecule has 11 heteroatoms. The zero-order chi connectivity index (χ0) is 30.1. The van der Waals surface area contributed by atoms with Crippen LogP contribution in [0.1, 0.15) is 47.1 Å². The van der Waals surface area contributed by atoms with Crippen molar-refractivity contribution in [3.8, 4) is 11.9 Å². The summed E-state index contributed by atoms with van der Waals surface area (Å²) in [6.45, 7) is 4.92. The molecule has 2 aromatic carbocycles. The van der Waals surface area contributed by atoms with Crippen LogP contribution in [0.25, 0.3) is 11.0 Å². The lowest BCUT2D eigenvalue weighted by Crippen LogP contribution is -2.59. The van der Waals surface area contributed by atoms with Crippen LogP contribution in [-0.4, -0.2) is 68.9 Å². The standard InChI is InChI=1S/C32H33FN6O4/c1-20-12-24(39(20)29-4-3-5-31(36-29)43-19-23-7-6-21(15-34)13-26(23)33)16-37(2)18-30-35-27-9-8-22(32(40)41)14-28(27)38(30)17-25-10-11-42-25/h3-9,13-14,20,24-25H,10-12,16-19H2,1-2H3,(H,40,41). The molecule has 4 aromatic rings. The predicted octanol–water partition coefficient (Wildman–Crippen LogP) is 4.61. The molecule has 2 fully saturated rings. The number of aromatic carboxylic acids is 1. The van der Waals surface area contributed by atoms with Gasteiger partial charge in [-0.15, -0.1) is 0 Å². The van der Waals surface area contributed by atoms with Crippen molar-refractivity contribution < 1.29 is 23.8 Å². The Balaban J connectivity index is 1.14. The number of aromatic nitrogens is 3. The molecule has 0 aliphatic carbocycles. The number of ether oxygens (including phenoxy) is 2. The fourth-order valence-electron chi connectivity index (χ4n) is 5.86. The van der Waals surface area contributed by atoms with Crippen LogP contribution in [0.5, 0.6) is 5.88 Å². The van der Waals surface area contributed by atoms with Gasteiger partial charge in [-0.25, -0.2) is 14.2 Å². The normalized spacial score (nSPS) is 19.6. The van der Waals surface area contributed by atoms with E-state index in [0.29, 0.717) is 30.6 Å². The van der Waals surface area contributed by atoms with Crippen molar-refractivity contribution in [3.05, 3.63) is 82.9 Å². The maximum absolute atomic E-state index is 14.3. The molecular weight excluding hydrogens is 551 g/mol. The molecule has 0 amide bonds. The minimum absolute atomic E-state index is 0.0105. The fraction of sp³-hybridized carbons (Fsp3) is 0.375. The van der Waals surface area contributed by atoms with Gasteiger partial charge in [-0.2, -0.15) is 10.2 Å². The van der Waals surface area contributed by atoms with E-state index in [-0.39, 0.29) is 29.9 Å². The highest BCUT2D eigenvalue weighted by Crippen LogP contribution is 2.33. The van der Waals surface area contributed by atoms with Crippen molar-refractivity contribution in [2.45, 2.75) is 57.6 Å². The maximum atomic E-state index is 14.3. The van der Waals surface area contributed by atoms with E-state index in [2.05, 4.69) is 28.3 Å². The summed E-state index contributed by atoms with van der Waals surface area (Å²) in [7, 11) is 2.06. The largest absolute Gasteiger partial charge is 0.478 e. The molecule has 0 radical (unpaired) electrons. The highest BCUT2D eigenvalue weighted by atomic mass is 19.1. The predicted molar refractivity (Wildman–Crippen MR) is 157 cm³/mol. The van der Waals surface area contributed by atoms with Crippen LogP contribution in [0, 0.1) is 17.1 Å². The average Bonchev–Trinajstić information content (AvgIpc) is 3.29. The van der Waals surface area contributed by atoms with Crippen LogP contribution in [0.2, 0.25) is 0 Å². The number of imidazole rings is 1. The van der Waals surface area contributed by atoms with Crippen LogP contribution >= 0.6 is 0 Å². The summed E-state index contributed by atoms with van der Waals surface area (Å²) < 4.78 is 27.9. The summed E-state index contributed by atoms with van der Waals surface area (Å²) in [5.74, 6) is 0.631. The zero-order valence-electron chi connectivity index (χ0n) is 24.1. The number of hydrogen-bond donors (Lipinski definition) is 1. The molecule has 2 aliphatic rings. The highest BCUT2D eigenvalue weighted by Gasteiger charge is 2.37. The van der Waals surface area contributed by atoms with Gasteiger partial charge >= 0.3 is 5.97 Å². The van der Waals surface area contributed by atoms with Crippen molar-refractivity contribution >= 4 is 22.8 Å². The molecule has 2 aliphatic heterocycles. The van der Waals surface area contributed by atoms with E-state index in [1.807, 2.05) is 18.2 Å². The SMILES string of the molecule is CC1CC(CN(C)Cc2nc3ccc(C(=O)O)cc3n2CC2CCO2)N1c1cccc(OCc2ccc(C#N)cc2F)n1. The summed E-state index contributed by atoms with van der Waals surface area (Å²) in [5, 5.41) is 18.5. The number of anilines is 1. The molecule has 3 atom stereocenters. The van der Waals surface area contributed by atoms with Gasteiger partial charge in [0.15, 0.2) is 0 Å². The van der Waals surface area contributed by atoms with Crippen LogP contribution in [0.4, 0.5) is 10.2 Å². The third-order valence-corrected chi connectivity index (χ3v) is 8.20. The number of hydrogen-bond acceptors (Lipinski definition) is 8. The molecule has 0 saturated carbocycles. The molecule has 2 aromatic heterocycles. The Kier molecular flexibility index (Phi) is 7.97. The van der Waals surface area contributed by atoms with Crippen LogP contribution in [-0.2, 0) is 24.4 Å². The summed E-state index contributed by atoms with van der Waals surface area (Å²) in [6.07, 6.45) is 2.08. The molecule has 1 N–H and O–H groups in total. The van der Waals surface area contributed by atoms with Crippen LogP contribution in [0.15, 0.2) is 54.6 Å². The van der Waals surface area contributed by atoms with Gasteiger partial charge in [0.25, 0.3) is 0 Å². The van der Waals surface area contributed by atoms with Crippen molar-refractivity contribution in [2.75, 3.05) is 25.1 Å². The van der Waals surface area contributed by atoms with E-state index >= 15 is 0 Å². The summed E-state index contributed by atoms with van der Waals surface area (Å²) in [6, 6.07) is 17.4. The molecule has 0 spiro atoms. The minimum atomic E-state index is -0.961. The molecule has 3 unspecified atom stereocenters. The van der Waals surface area contributed by atoms with Gasteiger partial charge in [-0.3, -0.25) is 4.90 Å². The number of nitriles is 1. The average molecular weight is 585 g/mol. The Morgan fingerprint density at radius 1 is 1.23 bits per heavy atom. The maximum Gasteiger partial charge on any atom is 0.335 e. The number of carboxylic acid groups (broad SMARTS) is 1. The molecule has 6 rings (SSSR count). The minimum Gasteiger partial charge on any atom is -0.478 e. The van der Waals surface area contributed by atoms with E-state index in [1.54, 1.807) is 36.4 Å². The van der Waals surface area contributed by atoms with Gasteiger partial charge in [0, 0.05) is 36.9 Å². The highest BCUT2D eigenvalue weighted by molar-refractivity contribution is 5.92. The molecule has 2 saturated heterocycles. The van der Waals surface area contributed by atoms with E-state index in [9.17, 15) is 14.3 Å². The first-order valence-electron chi connectivity index (χ1n) is 14.4. The first kappa shape index (κ1) is 28.6. The Morgan fingerprint density at radius 2 is 2.07 bits per heavy atom. The lowest BCUT2D eigenvalue weighted by Gasteiger charge is -2.49. The lowest BCUT2D eigenvalue weighted by molar-refractivity contribution is -0.0591. The summed E-state index contributed by atoms with van der Waals surface area (Å²) in [5.41, 5.74) is 2.44. The number of carboxylic acids is 1. The third-order valence-electron chi connectivity index (χ3n) is 8.20. The zero-order valence-corrected chi connectivity index (χ0v) is 24.1. The van der Waals surface area contributed by atoms with Gasteiger partial charge in [-0.05, 0) is 63.2 Å². The topological polar surface area (TPSA) is 117 Å². The first-order chi connectivity index (χ1) is 20.8. The monoisotopic (exact) mass is 584 g/mol. The number of likely N-dealkylation sites (N-methyl/N-ethyl adjacent to an activating group) is 1. The molecule has 0 bridgehead atoms. The number of rotatable bonds is 11. The van der Waals surface area contributed by atoms with E-state index in [0.717, 1.165) is 48.7 Å². The Labute approximate surface area is 248 Å². The molecule has 43 heavy (non-hydrogen) atoms. The smallest absolute Gasteiger partial charge is 0.335 e. The van der Waals surface area contributed by atoms with Crippen molar-refractivity contribution in [3.63, 3.8) is 0 Å². The second kappa shape index (κ2) is 12.0. The summed E-state index contributed by atoms with van der Waals surface area (Å²) >= 11 is 0. The van der Waals surface area contributed by atoms with Gasteiger partial charge in [0.2, 0.25) is 5.88 Å². The number of nitrogens with zero attached hydrogens (tertiary/aromatic N) is 6. The second-order valence-electron chi connectivity index (χ2n) is 11.3. The molecule has 4 heterocycles. The van der Waals surface area contributed by atoms with Crippen LogP contribution < -0.4 is 9.64 Å². The second-order valence-corrected chi connectivity index (χ2v) is 11.3. The van der Waals surface area contributed by atoms with Crippen LogP contribution in [0.3, 0.4) is 0 Å². The molecule has 222 valence electrons. The Morgan fingerprint density at radius 3 is 2.77 bits per heavy atom. The first-order valence-corrected chi connectivity index (χ1v) is 14.4. The number of carbonyl (C=O) groups is 1. The van der Waals surface area contributed by atoms with E-state index in [1.165, 1.54) is 6.07 Å². The van der Waals surface area contributed by atoms with Crippen molar-refractivity contribution in [1.29, 1.82) is 5.26 Å². The molecule has 10 nitrogen and oxygen atoms in total. The van der Waals surface area contributed by atoms with Gasteiger partial charge in [0.1, 0.15) is 24.1 Å². The van der Waals surface area contributed by atoms with Crippen molar-refractivity contribution in [1.82, 2.24) is 19.4 Å². The summed E-state index contributed by atoms with van der Waals surface area (Å²) in [4.78, 5) is 25.7. The van der Waals surface area contributed by atoms with Gasteiger partial charge in [0.05, 0.1) is 47.4 Å². The Bertz CT molecular complexity index is 1700. The number of pyridine rings is 1. The lowest BCUT2D eigenvalue weighted by atomic mass is 9.93. The van der Waals surface area contributed by atoms with Gasteiger partial charge in [-0.1, -0.05) is 12.1 Å². The number of fused-ring (bicyclic) bond motifs is 1. The Hall–Kier alpha value is -4.53. The van der Waals surface area contributed by atoms with Crippen molar-refractivity contribution in [2.24, 2.45) is 0 Å². The van der Waals surface area contributed by atoms with E-state index < -0.39 is 11.8 Å². The quantitative estimate of drug-likeness (QED) is 0.270. The number of halogens is 1. The number of benzene rings is 2. The van der Waals surface area contributed by atoms with E-state index in [4.69, 9.17) is 24.7 Å². The fourth-order valence-corrected chi connectivity index (χ4v) is 5.86. The molecular formula is C32H33FN6O4. The third kappa shape index (κ3) is 6.02. The van der Waals surface area contributed by atoms with Gasteiger partial charge < -0.3 is 24.0 Å².